The summed E-state index contributed by atoms with van der Waals surface area (Å²) in [5.74, 6) is 0.797. The molecule has 0 aliphatic rings. The third-order valence-corrected chi connectivity index (χ3v) is 2.08. The molecule has 0 bridgehead atoms. The van der Waals surface area contributed by atoms with E-state index in [1.54, 1.807) is 31.7 Å². The van der Waals surface area contributed by atoms with Gasteiger partial charge in [-0.05, 0) is 13.0 Å². The summed E-state index contributed by atoms with van der Waals surface area (Å²) in [6, 6.07) is 1.83. The maximum atomic E-state index is 11.5. The second-order valence-corrected chi connectivity index (χ2v) is 2.95. The highest BCUT2D eigenvalue weighted by Crippen LogP contribution is 2.13. The van der Waals surface area contributed by atoms with E-state index in [1.165, 1.54) is 0 Å². The molecule has 0 spiro atoms. The van der Waals surface area contributed by atoms with Gasteiger partial charge in [-0.2, -0.15) is 0 Å². The number of hydrogen-bond acceptors (Lipinski definition) is 2. The van der Waals surface area contributed by atoms with Crippen molar-refractivity contribution in [1.29, 1.82) is 0 Å². The maximum Gasteiger partial charge on any atom is 0.254 e. The fourth-order valence-electron chi connectivity index (χ4n) is 1.39. The highest BCUT2D eigenvalue weighted by atomic mass is 16.1. The van der Waals surface area contributed by atoms with Gasteiger partial charge < -0.3 is 5.32 Å². The monoisotopic (exact) mass is 178 g/mol. The average Bonchev–Trinajstić information content (AvgIpc) is 2.13. The number of aromatic nitrogens is 1. The van der Waals surface area contributed by atoms with Crippen LogP contribution in [0.2, 0.25) is 0 Å². The van der Waals surface area contributed by atoms with Crippen LogP contribution < -0.4 is 10.9 Å². The van der Waals surface area contributed by atoms with Gasteiger partial charge in [-0.15, -0.1) is 0 Å². The summed E-state index contributed by atoms with van der Waals surface area (Å²) >= 11 is 0. The first kappa shape index (κ1) is 9.58. The lowest BCUT2D eigenvalue weighted by atomic mass is 10.2. The van der Waals surface area contributed by atoms with Crippen LogP contribution in [-0.4, -0.2) is 11.6 Å². The molecular weight excluding hydrogens is 164 g/mol. The largest absolute Gasteiger partial charge is 0.374 e. The lowest BCUT2D eigenvalue weighted by Crippen LogP contribution is -2.22. The Hall–Kier alpha value is -1.51. The minimum absolute atomic E-state index is 0.0231. The molecule has 3 nitrogen and oxygen atoms in total. The normalized spacial score (nSPS) is 9.77. The van der Waals surface area contributed by atoms with Gasteiger partial charge in [0.05, 0.1) is 0 Å². The van der Waals surface area contributed by atoms with Gasteiger partial charge in [-0.25, -0.2) is 0 Å². The number of rotatable bonds is 2. The van der Waals surface area contributed by atoms with Crippen LogP contribution in [0.25, 0.3) is 6.08 Å². The van der Waals surface area contributed by atoms with Gasteiger partial charge in [0.15, 0.2) is 0 Å². The van der Waals surface area contributed by atoms with Crippen LogP contribution in [0.3, 0.4) is 0 Å². The number of nitrogens with zero attached hydrogens (tertiary/aromatic N) is 1. The van der Waals surface area contributed by atoms with Gasteiger partial charge in [0.25, 0.3) is 5.56 Å². The van der Waals surface area contributed by atoms with Gasteiger partial charge >= 0.3 is 0 Å². The summed E-state index contributed by atoms with van der Waals surface area (Å²) in [4.78, 5) is 11.5. The van der Waals surface area contributed by atoms with Crippen molar-refractivity contribution in [2.75, 3.05) is 12.4 Å². The Morgan fingerprint density at radius 2 is 2.23 bits per heavy atom. The summed E-state index contributed by atoms with van der Waals surface area (Å²) < 4.78 is 1.59. The molecule has 1 heterocycles. The molecule has 0 aliphatic carbocycles. The number of aryl methyl sites for hydroxylation is 1. The second-order valence-electron chi connectivity index (χ2n) is 2.95. The summed E-state index contributed by atoms with van der Waals surface area (Å²) in [5, 5.41) is 2.97. The standard InChI is InChI=1S/C10H14N2O/c1-5-8-6-7(2)10(13)12(4)9(8)11-3/h5-6,11H,1H2,2-4H3. The second kappa shape index (κ2) is 3.47. The van der Waals surface area contributed by atoms with E-state index in [9.17, 15) is 4.79 Å². The Morgan fingerprint density at radius 1 is 1.62 bits per heavy atom. The van der Waals surface area contributed by atoms with E-state index in [1.807, 2.05) is 6.07 Å². The van der Waals surface area contributed by atoms with Crippen molar-refractivity contribution in [3.05, 3.63) is 34.1 Å². The van der Waals surface area contributed by atoms with Crippen LogP contribution in [0.4, 0.5) is 5.82 Å². The molecule has 70 valence electrons. The molecule has 1 aromatic heterocycles. The van der Waals surface area contributed by atoms with Crippen molar-refractivity contribution in [3.8, 4) is 0 Å². The lowest BCUT2D eigenvalue weighted by Gasteiger charge is -2.11. The van der Waals surface area contributed by atoms with Gasteiger partial charge in [-0.3, -0.25) is 9.36 Å². The molecule has 0 fully saturated rings. The number of pyridine rings is 1. The zero-order valence-corrected chi connectivity index (χ0v) is 8.22. The average molecular weight is 178 g/mol. The summed E-state index contributed by atoms with van der Waals surface area (Å²) in [6.45, 7) is 5.50. The molecule has 0 amide bonds. The SMILES string of the molecule is C=Cc1cc(C)c(=O)n(C)c1NC. The molecule has 0 radical (unpaired) electrons. The van der Waals surface area contributed by atoms with E-state index in [2.05, 4.69) is 11.9 Å². The maximum absolute atomic E-state index is 11.5. The molecular formula is C10H14N2O. The molecule has 0 atom stereocenters. The predicted molar refractivity (Wildman–Crippen MR) is 56.1 cm³/mol. The Bertz CT molecular complexity index is 391. The zero-order valence-electron chi connectivity index (χ0n) is 8.22. The van der Waals surface area contributed by atoms with E-state index in [4.69, 9.17) is 0 Å². The predicted octanol–water partition coefficient (Wildman–Crippen LogP) is 1.38. The fraction of sp³-hybridized carbons (Fsp3) is 0.300. The van der Waals surface area contributed by atoms with Crippen LogP contribution in [-0.2, 0) is 7.05 Å². The quantitative estimate of drug-likeness (QED) is 0.742. The Morgan fingerprint density at radius 3 is 2.69 bits per heavy atom. The third kappa shape index (κ3) is 1.49. The highest BCUT2D eigenvalue weighted by molar-refractivity contribution is 5.62. The highest BCUT2D eigenvalue weighted by Gasteiger charge is 2.05. The Balaban J connectivity index is 3.57. The molecule has 1 N–H and O–H groups in total. The molecule has 0 unspecified atom stereocenters. The molecule has 0 aromatic carbocycles. The third-order valence-electron chi connectivity index (χ3n) is 2.08. The molecule has 0 aliphatic heterocycles. The summed E-state index contributed by atoms with van der Waals surface area (Å²) in [6.07, 6.45) is 1.73. The van der Waals surface area contributed by atoms with Crippen molar-refractivity contribution in [2.45, 2.75) is 6.92 Å². The fourth-order valence-corrected chi connectivity index (χ4v) is 1.39. The van der Waals surface area contributed by atoms with Crippen LogP contribution in [0.1, 0.15) is 11.1 Å². The van der Waals surface area contributed by atoms with Crippen LogP contribution in [0.5, 0.6) is 0 Å². The van der Waals surface area contributed by atoms with E-state index < -0.39 is 0 Å². The molecule has 3 heteroatoms. The minimum atomic E-state index is 0.0231. The van der Waals surface area contributed by atoms with Crippen molar-refractivity contribution in [1.82, 2.24) is 4.57 Å². The van der Waals surface area contributed by atoms with Crippen LogP contribution in [0.15, 0.2) is 17.4 Å². The van der Waals surface area contributed by atoms with E-state index in [-0.39, 0.29) is 5.56 Å². The van der Waals surface area contributed by atoms with Crippen LogP contribution >= 0.6 is 0 Å². The van der Waals surface area contributed by atoms with E-state index in [0.29, 0.717) is 0 Å². The van der Waals surface area contributed by atoms with Gasteiger partial charge in [-0.1, -0.05) is 12.7 Å². The minimum Gasteiger partial charge on any atom is -0.374 e. The van der Waals surface area contributed by atoms with Gasteiger partial charge in [0, 0.05) is 25.2 Å². The lowest BCUT2D eigenvalue weighted by molar-refractivity contribution is 0.854. The number of anilines is 1. The number of nitrogens with one attached hydrogen (secondary N) is 1. The van der Waals surface area contributed by atoms with E-state index >= 15 is 0 Å². The first-order valence-corrected chi connectivity index (χ1v) is 4.12. The molecule has 1 rings (SSSR count). The first-order valence-electron chi connectivity index (χ1n) is 4.12. The van der Waals surface area contributed by atoms with Gasteiger partial charge in [0.2, 0.25) is 0 Å². The molecule has 0 saturated carbocycles. The van der Waals surface area contributed by atoms with Crippen molar-refractivity contribution >= 4 is 11.9 Å². The summed E-state index contributed by atoms with van der Waals surface area (Å²) in [7, 11) is 3.53. The molecule has 0 saturated heterocycles. The Labute approximate surface area is 77.7 Å². The molecule has 1 aromatic rings. The zero-order chi connectivity index (χ0) is 10.0. The smallest absolute Gasteiger partial charge is 0.254 e. The first-order chi connectivity index (χ1) is 6.11. The Kier molecular flexibility index (Phi) is 2.56. The molecule has 13 heavy (non-hydrogen) atoms. The topological polar surface area (TPSA) is 34.0 Å². The van der Waals surface area contributed by atoms with E-state index in [0.717, 1.165) is 16.9 Å². The van der Waals surface area contributed by atoms with Crippen molar-refractivity contribution in [3.63, 3.8) is 0 Å². The number of hydrogen-bond donors (Lipinski definition) is 1. The summed E-state index contributed by atoms with van der Waals surface area (Å²) in [5.41, 5.74) is 1.70. The van der Waals surface area contributed by atoms with Crippen molar-refractivity contribution < 1.29 is 0 Å². The van der Waals surface area contributed by atoms with Gasteiger partial charge in [0.1, 0.15) is 5.82 Å². The van der Waals surface area contributed by atoms with Crippen molar-refractivity contribution in [2.24, 2.45) is 7.05 Å². The van der Waals surface area contributed by atoms with Crippen LogP contribution in [0, 0.1) is 6.92 Å².